The Bertz CT molecular complexity index is 1420. The molecule has 2 amide bonds. The van der Waals surface area contributed by atoms with Gasteiger partial charge in [0.25, 0.3) is 11.8 Å². The standard InChI is InChI=1S/C39H50N2O4/c42-37-33-25-27(38(43)40(29-13-5-1-6-14-29)30-15-7-2-8-16-30)21-23-35(33)45-36-24-22-28(26-34(36)37)39(44)41(31-17-9-3-10-18-31)32-19-11-4-12-20-32/h21-26,29-32H,1-20H2. The van der Waals surface area contributed by atoms with Crippen LogP contribution in [0.1, 0.15) is 149 Å². The fraction of sp³-hybridized carbons (Fsp3) is 0.615. The van der Waals surface area contributed by atoms with Crippen LogP contribution in [0.2, 0.25) is 0 Å². The van der Waals surface area contributed by atoms with Crippen LogP contribution in [0.4, 0.5) is 0 Å². The molecule has 0 atom stereocenters. The van der Waals surface area contributed by atoms with E-state index in [4.69, 9.17) is 4.42 Å². The van der Waals surface area contributed by atoms with Crippen molar-refractivity contribution in [1.82, 2.24) is 9.80 Å². The van der Waals surface area contributed by atoms with Crippen molar-refractivity contribution in [3.63, 3.8) is 0 Å². The maximum Gasteiger partial charge on any atom is 0.254 e. The second-order valence-electron chi connectivity index (χ2n) is 14.4. The number of fused-ring (bicyclic) bond motifs is 2. The van der Waals surface area contributed by atoms with Gasteiger partial charge in [-0.25, -0.2) is 0 Å². The lowest BCUT2D eigenvalue weighted by Gasteiger charge is -2.42. The number of carbonyl (C=O) groups excluding carboxylic acids is 2. The summed E-state index contributed by atoms with van der Waals surface area (Å²) in [5.41, 5.74) is 1.93. The predicted molar refractivity (Wildman–Crippen MR) is 180 cm³/mol. The van der Waals surface area contributed by atoms with Crippen LogP contribution in [-0.4, -0.2) is 45.8 Å². The van der Waals surface area contributed by atoms with E-state index in [1.807, 2.05) is 12.1 Å². The lowest BCUT2D eigenvalue weighted by Crippen LogP contribution is -2.48. The minimum absolute atomic E-state index is 0.0507. The first-order valence-electron chi connectivity index (χ1n) is 18.2. The Hall–Kier alpha value is -3.15. The van der Waals surface area contributed by atoms with Gasteiger partial charge in [0.1, 0.15) is 11.2 Å². The Morgan fingerprint density at radius 3 is 1.11 bits per heavy atom. The average molecular weight is 611 g/mol. The van der Waals surface area contributed by atoms with E-state index in [-0.39, 0.29) is 41.4 Å². The van der Waals surface area contributed by atoms with E-state index in [0.29, 0.717) is 33.1 Å². The molecular formula is C39H50N2O4. The van der Waals surface area contributed by atoms with Crippen LogP contribution >= 0.6 is 0 Å². The molecule has 0 radical (unpaired) electrons. The van der Waals surface area contributed by atoms with Crippen molar-refractivity contribution < 1.29 is 14.0 Å². The minimum atomic E-state index is -0.167. The number of benzene rings is 2. The van der Waals surface area contributed by atoms with E-state index in [9.17, 15) is 14.4 Å². The first kappa shape index (κ1) is 30.5. The zero-order valence-electron chi connectivity index (χ0n) is 26.9. The van der Waals surface area contributed by atoms with Crippen molar-refractivity contribution in [2.24, 2.45) is 0 Å². The third kappa shape index (κ3) is 6.31. The van der Waals surface area contributed by atoms with Crippen LogP contribution in [0.15, 0.2) is 45.6 Å². The van der Waals surface area contributed by atoms with Gasteiger partial charge in [0.2, 0.25) is 5.43 Å². The molecule has 0 N–H and O–H groups in total. The number of hydrogen-bond acceptors (Lipinski definition) is 4. The van der Waals surface area contributed by atoms with Crippen LogP contribution in [0.3, 0.4) is 0 Å². The van der Waals surface area contributed by atoms with Crippen molar-refractivity contribution in [3.8, 4) is 0 Å². The highest BCUT2D eigenvalue weighted by Crippen LogP contribution is 2.34. The van der Waals surface area contributed by atoms with E-state index in [0.717, 1.165) is 51.4 Å². The second kappa shape index (κ2) is 13.7. The van der Waals surface area contributed by atoms with Crippen molar-refractivity contribution in [1.29, 1.82) is 0 Å². The third-order valence-electron chi connectivity index (χ3n) is 11.5. The summed E-state index contributed by atoms with van der Waals surface area (Å²) in [7, 11) is 0. The van der Waals surface area contributed by atoms with Crippen molar-refractivity contribution >= 4 is 33.8 Å². The largest absolute Gasteiger partial charge is 0.456 e. The van der Waals surface area contributed by atoms with Gasteiger partial charge < -0.3 is 14.2 Å². The van der Waals surface area contributed by atoms with Crippen LogP contribution in [0, 0.1) is 0 Å². The molecule has 4 aliphatic rings. The summed E-state index contributed by atoms with van der Waals surface area (Å²) in [6.45, 7) is 0. The second-order valence-corrected chi connectivity index (χ2v) is 14.4. The molecule has 6 nitrogen and oxygen atoms in total. The van der Waals surface area contributed by atoms with Crippen LogP contribution in [0.25, 0.3) is 21.9 Å². The van der Waals surface area contributed by atoms with Gasteiger partial charge in [0.05, 0.1) is 10.8 Å². The van der Waals surface area contributed by atoms with Gasteiger partial charge in [-0.1, -0.05) is 77.0 Å². The number of rotatable bonds is 6. The molecule has 45 heavy (non-hydrogen) atoms. The summed E-state index contributed by atoms with van der Waals surface area (Å²) in [5.74, 6) is 0.101. The molecule has 0 bridgehead atoms. The molecule has 3 aromatic rings. The maximum absolute atomic E-state index is 14.2. The zero-order chi connectivity index (χ0) is 30.8. The Kier molecular flexibility index (Phi) is 9.28. The molecule has 1 heterocycles. The molecule has 0 saturated heterocycles. The molecule has 0 aliphatic heterocycles. The highest BCUT2D eigenvalue weighted by atomic mass is 16.3. The Balaban J connectivity index is 1.23. The molecule has 240 valence electrons. The Labute approximate surface area is 267 Å². The van der Waals surface area contributed by atoms with E-state index >= 15 is 0 Å². The molecule has 2 aromatic carbocycles. The third-order valence-corrected chi connectivity index (χ3v) is 11.5. The summed E-state index contributed by atoms with van der Waals surface area (Å²) >= 11 is 0. The summed E-state index contributed by atoms with van der Waals surface area (Å²) in [6.07, 6.45) is 22.9. The van der Waals surface area contributed by atoms with E-state index < -0.39 is 0 Å². The van der Waals surface area contributed by atoms with Gasteiger partial charge in [-0.3, -0.25) is 14.4 Å². The molecule has 0 unspecified atom stereocenters. The average Bonchev–Trinajstić information content (AvgIpc) is 3.10. The highest BCUT2D eigenvalue weighted by Gasteiger charge is 2.35. The van der Waals surface area contributed by atoms with Crippen LogP contribution in [-0.2, 0) is 0 Å². The molecule has 4 aliphatic carbocycles. The van der Waals surface area contributed by atoms with Gasteiger partial charge >= 0.3 is 0 Å². The monoisotopic (exact) mass is 610 g/mol. The zero-order valence-corrected chi connectivity index (χ0v) is 26.9. The summed E-state index contributed by atoms with van der Waals surface area (Å²) in [5, 5.41) is 0.836. The fourth-order valence-corrected chi connectivity index (χ4v) is 9.12. The normalized spacial score (nSPS) is 21.2. The van der Waals surface area contributed by atoms with E-state index in [1.165, 1.54) is 77.0 Å². The van der Waals surface area contributed by atoms with Gasteiger partial charge in [-0.15, -0.1) is 0 Å². The Morgan fingerprint density at radius 2 is 0.800 bits per heavy atom. The quantitative estimate of drug-likeness (QED) is 0.261. The minimum Gasteiger partial charge on any atom is -0.456 e. The summed E-state index contributed by atoms with van der Waals surface area (Å²) in [4.78, 5) is 46.9. The van der Waals surface area contributed by atoms with Gasteiger partial charge in [0.15, 0.2) is 0 Å². The van der Waals surface area contributed by atoms with E-state index in [2.05, 4.69) is 9.80 Å². The molecular weight excluding hydrogens is 560 g/mol. The Morgan fingerprint density at radius 1 is 0.489 bits per heavy atom. The lowest BCUT2D eigenvalue weighted by atomic mass is 9.88. The molecule has 6 heteroatoms. The van der Waals surface area contributed by atoms with Crippen LogP contribution < -0.4 is 5.43 Å². The van der Waals surface area contributed by atoms with Crippen molar-refractivity contribution in [2.75, 3.05) is 0 Å². The first-order chi connectivity index (χ1) is 22.1. The first-order valence-corrected chi connectivity index (χ1v) is 18.2. The molecule has 0 spiro atoms. The molecule has 1 aromatic heterocycles. The summed E-state index contributed by atoms with van der Waals surface area (Å²) < 4.78 is 6.23. The van der Waals surface area contributed by atoms with E-state index in [1.54, 1.807) is 24.3 Å². The van der Waals surface area contributed by atoms with Crippen LogP contribution in [0.5, 0.6) is 0 Å². The SMILES string of the molecule is O=C(c1ccc2oc3ccc(C(=O)N(C4CCCCC4)C4CCCCC4)cc3c(=O)c2c1)N(C1CCCCC1)C1CCCCC1. The highest BCUT2D eigenvalue weighted by molar-refractivity contribution is 6.02. The predicted octanol–water partition coefficient (Wildman–Crippen LogP) is 9.16. The van der Waals surface area contributed by atoms with Gasteiger partial charge in [-0.05, 0) is 87.8 Å². The summed E-state index contributed by atoms with van der Waals surface area (Å²) in [6, 6.07) is 11.9. The smallest absolute Gasteiger partial charge is 0.254 e. The molecule has 4 fully saturated rings. The topological polar surface area (TPSA) is 70.8 Å². The lowest BCUT2D eigenvalue weighted by molar-refractivity contribution is 0.0441. The molecule has 4 saturated carbocycles. The maximum atomic E-state index is 14.2. The van der Waals surface area contributed by atoms with Gasteiger partial charge in [-0.2, -0.15) is 0 Å². The number of hydrogen-bond donors (Lipinski definition) is 0. The number of amides is 2. The fourth-order valence-electron chi connectivity index (χ4n) is 9.12. The van der Waals surface area contributed by atoms with Gasteiger partial charge in [0, 0.05) is 35.3 Å². The number of carbonyl (C=O) groups is 2. The van der Waals surface area contributed by atoms with Crippen molar-refractivity contribution in [3.05, 3.63) is 57.7 Å². The molecule has 7 rings (SSSR count). The van der Waals surface area contributed by atoms with Crippen molar-refractivity contribution in [2.45, 2.75) is 153 Å². The number of nitrogens with zero attached hydrogens (tertiary/aromatic N) is 2.